The average molecular weight is 328 g/mol. The molecule has 1 fully saturated rings. The van der Waals surface area contributed by atoms with Crippen molar-refractivity contribution in [1.82, 2.24) is 30.4 Å². The molecule has 1 unspecified atom stereocenters. The van der Waals surface area contributed by atoms with Crippen LogP contribution in [0.3, 0.4) is 0 Å². The molecular weight excluding hydrogens is 308 g/mol. The molecular formula is C16H20N6O2. The zero-order valence-electron chi connectivity index (χ0n) is 14.0. The molecule has 24 heavy (non-hydrogen) atoms. The van der Waals surface area contributed by atoms with Crippen molar-refractivity contribution in [3.63, 3.8) is 0 Å². The van der Waals surface area contributed by atoms with Gasteiger partial charge in [-0.05, 0) is 38.8 Å². The first-order valence-corrected chi connectivity index (χ1v) is 7.85. The third-order valence-corrected chi connectivity index (χ3v) is 4.41. The van der Waals surface area contributed by atoms with Gasteiger partial charge in [0.15, 0.2) is 5.82 Å². The maximum absolute atomic E-state index is 12.8. The number of amides is 2. The minimum Gasteiger partial charge on any atom is -0.354 e. The highest BCUT2D eigenvalue weighted by Gasteiger charge is 2.44. The largest absolute Gasteiger partial charge is 0.354 e. The summed E-state index contributed by atoms with van der Waals surface area (Å²) in [5.41, 5.74) is 0.779. The lowest BCUT2D eigenvalue weighted by Crippen LogP contribution is -2.44. The second kappa shape index (κ2) is 6.03. The number of nitrogens with zero attached hydrogens (tertiary/aromatic N) is 4. The number of aromatic nitrogens is 4. The van der Waals surface area contributed by atoms with Crippen LogP contribution in [-0.4, -0.2) is 50.5 Å². The summed E-state index contributed by atoms with van der Waals surface area (Å²) in [6.07, 6.45) is 3.14. The van der Waals surface area contributed by atoms with Gasteiger partial charge in [-0.2, -0.15) is 5.10 Å². The predicted octanol–water partition coefficient (Wildman–Crippen LogP) is 1.02. The summed E-state index contributed by atoms with van der Waals surface area (Å²) >= 11 is 0. The topological polar surface area (TPSA) is 104 Å². The minimum absolute atomic E-state index is 0.140. The van der Waals surface area contributed by atoms with Gasteiger partial charge >= 0.3 is 0 Å². The molecule has 126 valence electrons. The highest BCUT2D eigenvalue weighted by molar-refractivity contribution is 5.93. The lowest BCUT2D eigenvalue weighted by atomic mass is 9.97. The summed E-state index contributed by atoms with van der Waals surface area (Å²) in [7, 11) is 1.56. The maximum atomic E-state index is 12.8. The lowest BCUT2D eigenvalue weighted by Gasteiger charge is -2.33. The quantitative estimate of drug-likeness (QED) is 0.875. The fraction of sp³-hybridized carbons (Fsp3) is 0.438. The number of likely N-dealkylation sites (tertiary alicyclic amines) is 1. The molecule has 8 heteroatoms. The summed E-state index contributed by atoms with van der Waals surface area (Å²) in [5, 5.41) is 9.12. The number of aryl methyl sites for hydroxylation is 1. The molecule has 0 aliphatic carbocycles. The highest BCUT2D eigenvalue weighted by atomic mass is 16.2. The number of nitrogens with one attached hydrogen (secondary N) is 2. The summed E-state index contributed by atoms with van der Waals surface area (Å²) in [5.74, 6) is 0.0837. The Morgan fingerprint density at radius 3 is 2.83 bits per heavy atom. The van der Waals surface area contributed by atoms with Crippen LogP contribution in [0.2, 0.25) is 0 Å². The molecule has 1 aliphatic heterocycles. The van der Waals surface area contributed by atoms with Gasteiger partial charge < -0.3 is 10.2 Å². The molecule has 0 saturated carbocycles. The minimum atomic E-state index is -0.656. The SMILES string of the molecule is CNC(=O)c1cc(C)nc(C2(C)CCCN2C(=O)c2ccn[nH]2)n1. The summed E-state index contributed by atoms with van der Waals surface area (Å²) in [6, 6.07) is 3.29. The van der Waals surface area contributed by atoms with E-state index < -0.39 is 5.54 Å². The van der Waals surface area contributed by atoms with Gasteiger partial charge in [0.2, 0.25) is 0 Å². The van der Waals surface area contributed by atoms with E-state index in [9.17, 15) is 9.59 Å². The molecule has 1 atom stereocenters. The Morgan fingerprint density at radius 2 is 2.17 bits per heavy atom. The van der Waals surface area contributed by atoms with Crippen LogP contribution in [0.5, 0.6) is 0 Å². The fourth-order valence-electron chi connectivity index (χ4n) is 3.10. The van der Waals surface area contributed by atoms with Crippen molar-refractivity contribution in [2.24, 2.45) is 0 Å². The van der Waals surface area contributed by atoms with Crippen LogP contribution in [0.4, 0.5) is 0 Å². The van der Waals surface area contributed by atoms with Crippen LogP contribution < -0.4 is 5.32 Å². The zero-order chi connectivity index (χ0) is 17.3. The van der Waals surface area contributed by atoms with E-state index in [0.29, 0.717) is 29.5 Å². The van der Waals surface area contributed by atoms with Gasteiger partial charge in [0.1, 0.15) is 16.9 Å². The molecule has 3 heterocycles. The van der Waals surface area contributed by atoms with Gasteiger partial charge in [-0.15, -0.1) is 0 Å². The van der Waals surface area contributed by atoms with Crippen molar-refractivity contribution in [3.8, 4) is 0 Å². The van der Waals surface area contributed by atoms with Crippen LogP contribution in [-0.2, 0) is 5.54 Å². The number of hydrogen-bond acceptors (Lipinski definition) is 5. The molecule has 2 amide bonds. The molecule has 0 aromatic carbocycles. The number of H-pyrrole nitrogens is 1. The molecule has 8 nitrogen and oxygen atoms in total. The third-order valence-electron chi connectivity index (χ3n) is 4.41. The smallest absolute Gasteiger partial charge is 0.272 e. The Bertz CT molecular complexity index is 773. The summed E-state index contributed by atoms with van der Waals surface area (Å²) in [6.45, 7) is 4.37. The molecule has 0 bridgehead atoms. The van der Waals surface area contributed by atoms with E-state index in [1.54, 1.807) is 30.3 Å². The predicted molar refractivity (Wildman–Crippen MR) is 86.4 cm³/mol. The Hall–Kier alpha value is -2.77. The number of aromatic amines is 1. The van der Waals surface area contributed by atoms with E-state index >= 15 is 0 Å². The second-order valence-corrected chi connectivity index (χ2v) is 6.10. The Kier molecular flexibility index (Phi) is 4.04. The zero-order valence-corrected chi connectivity index (χ0v) is 14.0. The number of rotatable bonds is 3. The number of hydrogen-bond donors (Lipinski definition) is 2. The monoisotopic (exact) mass is 328 g/mol. The Morgan fingerprint density at radius 1 is 1.38 bits per heavy atom. The van der Waals surface area contributed by atoms with Crippen LogP contribution in [0.15, 0.2) is 18.3 Å². The molecule has 1 saturated heterocycles. The van der Waals surface area contributed by atoms with Crippen LogP contribution in [0.25, 0.3) is 0 Å². The maximum Gasteiger partial charge on any atom is 0.272 e. The van der Waals surface area contributed by atoms with Gasteiger partial charge in [-0.3, -0.25) is 14.7 Å². The second-order valence-electron chi connectivity index (χ2n) is 6.10. The normalized spacial score (nSPS) is 20.2. The van der Waals surface area contributed by atoms with Crippen molar-refractivity contribution in [2.45, 2.75) is 32.2 Å². The van der Waals surface area contributed by atoms with Crippen molar-refractivity contribution in [3.05, 3.63) is 41.2 Å². The molecule has 1 aliphatic rings. The molecule has 2 aromatic heterocycles. The Labute approximate surface area is 139 Å². The van der Waals surface area contributed by atoms with E-state index in [-0.39, 0.29) is 11.8 Å². The van der Waals surface area contributed by atoms with Gasteiger partial charge in [0.25, 0.3) is 11.8 Å². The summed E-state index contributed by atoms with van der Waals surface area (Å²) < 4.78 is 0. The van der Waals surface area contributed by atoms with Crippen molar-refractivity contribution >= 4 is 11.8 Å². The van der Waals surface area contributed by atoms with Crippen molar-refractivity contribution in [2.75, 3.05) is 13.6 Å². The highest BCUT2D eigenvalue weighted by Crippen LogP contribution is 2.37. The van der Waals surface area contributed by atoms with Gasteiger partial charge in [0, 0.05) is 25.5 Å². The van der Waals surface area contributed by atoms with Crippen molar-refractivity contribution in [1.29, 1.82) is 0 Å². The van der Waals surface area contributed by atoms with Crippen LogP contribution >= 0.6 is 0 Å². The van der Waals surface area contributed by atoms with E-state index in [2.05, 4.69) is 25.5 Å². The fourth-order valence-corrected chi connectivity index (χ4v) is 3.10. The van der Waals surface area contributed by atoms with Crippen LogP contribution in [0, 0.1) is 6.92 Å². The number of carbonyl (C=O) groups is 2. The van der Waals surface area contributed by atoms with E-state index in [0.717, 1.165) is 12.8 Å². The third kappa shape index (κ3) is 2.64. The molecule has 0 spiro atoms. The molecule has 2 aromatic rings. The van der Waals surface area contributed by atoms with Gasteiger partial charge in [0.05, 0.1) is 0 Å². The first-order chi connectivity index (χ1) is 11.5. The molecule has 2 N–H and O–H groups in total. The van der Waals surface area contributed by atoms with Crippen LogP contribution in [0.1, 0.15) is 52.3 Å². The van der Waals surface area contributed by atoms with E-state index in [4.69, 9.17) is 0 Å². The first-order valence-electron chi connectivity index (χ1n) is 7.85. The van der Waals surface area contributed by atoms with Gasteiger partial charge in [-0.1, -0.05) is 0 Å². The number of carbonyl (C=O) groups excluding carboxylic acids is 2. The first kappa shape index (κ1) is 16.1. The molecule has 0 radical (unpaired) electrons. The standard InChI is InChI=1S/C16H20N6O2/c1-10-9-12(13(23)17-3)20-15(19-10)16(2)6-4-8-22(16)14(24)11-5-7-18-21-11/h5,7,9H,4,6,8H2,1-3H3,(H,17,23)(H,18,21). The lowest BCUT2D eigenvalue weighted by molar-refractivity contribution is 0.0597. The van der Waals surface area contributed by atoms with Crippen molar-refractivity contribution < 1.29 is 9.59 Å². The average Bonchev–Trinajstić information content (AvgIpc) is 3.23. The van der Waals surface area contributed by atoms with E-state index in [1.165, 1.54) is 0 Å². The Balaban J connectivity index is 2.01. The summed E-state index contributed by atoms with van der Waals surface area (Å²) in [4.78, 5) is 35.4. The van der Waals surface area contributed by atoms with Gasteiger partial charge in [-0.25, -0.2) is 9.97 Å². The molecule has 3 rings (SSSR count). The van der Waals surface area contributed by atoms with E-state index in [1.807, 2.05) is 13.8 Å².